The van der Waals surface area contributed by atoms with E-state index >= 15 is 0 Å². The van der Waals surface area contributed by atoms with Crippen molar-refractivity contribution in [2.45, 2.75) is 37.1 Å². The fourth-order valence-electron chi connectivity index (χ4n) is 2.96. The van der Waals surface area contributed by atoms with E-state index in [1.165, 1.54) is 19.3 Å². The first-order chi connectivity index (χ1) is 10.3. The molecule has 3 rings (SSSR count). The molecule has 21 heavy (non-hydrogen) atoms. The van der Waals surface area contributed by atoms with E-state index in [0.717, 1.165) is 23.3 Å². The monoisotopic (exact) mass is 303 g/mol. The zero-order chi connectivity index (χ0) is 14.7. The van der Waals surface area contributed by atoms with Crippen molar-refractivity contribution in [2.24, 2.45) is 0 Å². The summed E-state index contributed by atoms with van der Waals surface area (Å²) in [6, 6.07) is 10.7. The number of aromatic nitrogens is 4. The number of thioether (sulfide) groups is 1. The number of para-hydroxylation sites is 1. The molecule has 1 aromatic carbocycles. The Bertz CT molecular complexity index is 570. The molecule has 1 aromatic heterocycles. The molecule has 0 amide bonds. The third-order valence-corrected chi connectivity index (χ3v) is 5.33. The van der Waals surface area contributed by atoms with Crippen LogP contribution in [0.4, 0.5) is 0 Å². The quantitative estimate of drug-likeness (QED) is 0.848. The number of hydrogen-bond acceptors (Lipinski definition) is 5. The molecule has 2 atom stereocenters. The zero-order valence-corrected chi connectivity index (χ0v) is 13.3. The molecule has 112 valence electrons. The Morgan fingerprint density at radius 2 is 2.10 bits per heavy atom. The molecule has 1 aliphatic rings. The Morgan fingerprint density at radius 1 is 1.29 bits per heavy atom. The highest BCUT2D eigenvalue weighted by Crippen LogP contribution is 2.31. The lowest BCUT2D eigenvalue weighted by Gasteiger charge is -2.23. The smallest absolute Gasteiger partial charge is 0.170 e. The molecular formula is C15H21N5S. The predicted molar refractivity (Wildman–Crippen MR) is 85.6 cm³/mol. The van der Waals surface area contributed by atoms with Crippen LogP contribution in [-0.4, -0.2) is 49.7 Å². The van der Waals surface area contributed by atoms with E-state index in [4.69, 9.17) is 0 Å². The first kappa shape index (κ1) is 14.5. The molecule has 0 unspecified atom stereocenters. The van der Waals surface area contributed by atoms with Gasteiger partial charge in [-0.3, -0.25) is 4.90 Å². The van der Waals surface area contributed by atoms with E-state index in [9.17, 15) is 0 Å². The fourth-order valence-corrected chi connectivity index (χ4v) is 3.74. The van der Waals surface area contributed by atoms with Gasteiger partial charge < -0.3 is 0 Å². The number of nitrogens with zero attached hydrogens (tertiary/aromatic N) is 5. The van der Waals surface area contributed by atoms with Gasteiger partial charge in [0.15, 0.2) is 5.82 Å². The summed E-state index contributed by atoms with van der Waals surface area (Å²) in [6.07, 6.45) is 6.07. The number of rotatable bonds is 5. The van der Waals surface area contributed by atoms with Crippen LogP contribution in [0, 0.1) is 0 Å². The van der Waals surface area contributed by atoms with Gasteiger partial charge in [-0.2, -0.15) is 16.4 Å². The lowest BCUT2D eigenvalue weighted by Crippen LogP contribution is -2.30. The average Bonchev–Trinajstić information content (AvgIpc) is 3.17. The lowest BCUT2D eigenvalue weighted by molar-refractivity contribution is 0.230. The van der Waals surface area contributed by atoms with Gasteiger partial charge in [-0.25, -0.2) is 0 Å². The van der Waals surface area contributed by atoms with Crippen LogP contribution in [0.3, 0.4) is 0 Å². The average molecular weight is 303 g/mol. The van der Waals surface area contributed by atoms with E-state index in [1.807, 2.05) is 46.8 Å². The van der Waals surface area contributed by atoms with Gasteiger partial charge in [-0.1, -0.05) is 18.2 Å². The van der Waals surface area contributed by atoms with Gasteiger partial charge in [0, 0.05) is 11.3 Å². The van der Waals surface area contributed by atoms with Gasteiger partial charge in [-0.15, -0.1) is 5.10 Å². The van der Waals surface area contributed by atoms with Crippen molar-refractivity contribution in [1.82, 2.24) is 25.1 Å². The minimum Gasteiger partial charge on any atom is -0.296 e. The molecule has 0 spiro atoms. The molecule has 5 nitrogen and oxygen atoms in total. The number of benzene rings is 1. The third kappa shape index (κ3) is 3.27. The summed E-state index contributed by atoms with van der Waals surface area (Å²) in [6.45, 7) is 0.785. The van der Waals surface area contributed by atoms with Crippen LogP contribution in [0.1, 0.15) is 25.1 Å². The Balaban J connectivity index is 1.70. The molecule has 1 aliphatic carbocycles. The van der Waals surface area contributed by atoms with Crippen molar-refractivity contribution in [3.05, 3.63) is 36.2 Å². The van der Waals surface area contributed by atoms with Crippen molar-refractivity contribution in [1.29, 1.82) is 0 Å². The van der Waals surface area contributed by atoms with Gasteiger partial charge in [0.25, 0.3) is 0 Å². The van der Waals surface area contributed by atoms with E-state index in [2.05, 4.69) is 33.7 Å². The molecule has 2 aromatic rings. The van der Waals surface area contributed by atoms with Crippen LogP contribution in [0.5, 0.6) is 0 Å². The number of tetrazole rings is 1. The maximum Gasteiger partial charge on any atom is 0.170 e. The van der Waals surface area contributed by atoms with Crippen LogP contribution in [0.15, 0.2) is 30.3 Å². The standard InChI is InChI=1S/C15H21N5S/c1-19(13-8-9-14(10-13)21-2)11-15-16-17-18-20(15)12-6-4-3-5-7-12/h3-7,13-14H,8-11H2,1-2H3/t13-,14+/m1/s1. The van der Waals surface area contributed by atoms with Crippen LogP contribution < -0.4 is 0 Å². The minimum atomic E-state index is 0.642. The molecule has 0 aliphatic heterocycles. The zero-order valence-electron chi connectivity index (χ0n) is 12.5. The van der Waals surface area contributed by atoms with Gasteiger partial charge in [0.1, 0.15) is 0 Å². The molecule has 0 N–H and O–H groups in total. The van der Waals surface area contributed by atoms with Gasteiger partial charge in [0.2, 0.25) is 0 Å². The van der Waals surface area contributed by atoms with Crippen molar-refractivity contribution in [3.8, 4) is 5.69 Å². The molecule has 1 fully saturated rings. The molecule has 0 bridgehead atoms. The predicted octanol–water partition coefficient (Wildman–Crippen LogP) is 2.38. The third-order valence-electron chi connectivity index (χ3n) is 4.24. The second-order valence-corrected chi connectivity index (χ2v) is 6.72. The first-order valence-electron chi connectivity index (χ1n) is 7.33. The van der Waals surface area contributed by atoms with E-state index in [1.54, 1.807) is 0 Å². The van der Waals surface area contributed by atoms with E-state index in [0.29, 0.717) is 6.04 Å². The van der Waals surface area contributed by atoms with Crippen molar-refractivity contribution < 1.29 is 0 Å². The van der Waals surface area contributed by atoms with Crippen LogP contribution in [0.2, 0.25) is 0 Å². The van der Waals surface area contributed by atoms with Crippen LogP contribution in [0.25, 0.3) is 5.69 Å². The highest BCUT2D eigenvalue weighted by molar-refractivity contribution is 7.99. The maximum absolute atomic E-state index is 4.20. The van der Waals surface area contributed by atoms with Crippen molar-refractivity contribution in [2.75, 3.05) is 13.3 Å². The molecular weight excluding hydrogens is 282 g/mol. The number of hydrogen-bond donors (Lipinski definition) is 0. The minimum absolute atomic E-state index is 0.642. The molecule has 0 radical (unpaired) electrons. The topological polar surface area (TPSA) is 46.8 Å². The highest BCUT2D eigenvalue weighted by Gasteiger charge is 2.27. The SMILES string of the molecule is CS[C@H]1CC[C@@H](N(C)Cc2nnnn2-c2ccccc2)C1. The summed E-state index contributed by atoms with van der Waals surface area (Å²) in [7, 11) is 2.18. The maximum atomic E-state index is 4.20. The van der Waals surface area contributed by atoms with Gasteiger partial charge in [0.05, 0.1) is 12.2 Å². The Labute approximate surface area is 129 Å². The van der Waals surface area contributed by atoms with Crippen molar-refractivity contribution >= 4 is 11.8 Å². The first-order valence-corrected chi connectivity index (χ1v) is 8.62. The Morgan fingerprint density at radius 3 is 2.81 bits per heavy atom. The highest BCUT2D eigenvalue weighted by atomic mass is 32.2. The fraction of sp³-hybridized carbons (Fsp3) is 0.533. The van der Waals surface area contributed by atoms with Crippen LogP contribution >= 0.6 is 11.8 Å². The van der Waals surface area contributed by atoms with E-state index < -0.39 is 0 Å². The Hall–Kier alpha value is -1.40. The molecule has 1 saturated carbocycles. The summed E-state index contributed by atoms with van der Waals surface area (Å²) < 4.78 is 1.83. The van der Waals surface area contributed by atoms with Crippen LogP contribution in [-0.2, 0) is 6.54 Å². The molecule has 0 saturated heterocycles. The van der Waals surface area contributed by atoms with Crippen molar-refractivity contribution in [3.63, 3.8) is 0 Å². The summed E-state index contributed by atoms with van der Waals surface area (Å²) in [5.74, 6) is 0.899. The molecule has 6 heteroatoms. The summed E-state index contributed by atoms with van der Waals surface area (Å²) in [5, 5.41) is 13.0. The molecule has 1 heterocycles. The lowest BCUT2D eigenvalue weighted by atomic mass is 10.2. The summed E-state index contributed by atoms with van der Waals surface area (Å²) in [5.41, 5.74) is 1.01. The summed E-state index contributed by atoms with van der Waals surface area (Å²) >= 11 is 1.99. The Kier molecular flexibility index (Phi) is 4.55. The van der Waals surface area contributed by atoms with E-state index in [-0.39, 0.29) is 0 Å². The second kappa shape index (κ2) is 6.58. The normalized spacial score (nSPS) is 22.0. The second-order valence-electron chi connectivity index (χ2n) is 5.58. The summed E-state index contributed by atoms with van der Waals surface area (Å²) in [4.78, 5) is 2.39. The van der Waals surface area contributed by atoms with Gasteiger partial charge >= 0.3 is 0 Å². The van der Waals surface area contributed by atoms with Gasteiger partial charge in [-0.05, 0) is 55.1 Å². The largest absolute Gasteiger partial charge is 0.296 e.